The highest BCUT2D eigenvalue weighted by Crippen LogP contribution is 2.31. The Hall–Kier alpha value is -3.62. The first kappa shape index (κ1) is 19.7. The first-order valence-corrected chi connectivity index (χ1v) is 9.51. The van der Waals surface area contributed by atoms with E-state index in [2.05, 4.69) is 25.3 Å². The van der Waals surface area contributed by atoms with Crippen molar-refractivity contribution in [1.29, 1.82) is 0 Å². The van der Waals surface area contributed by atoms with E-state index in [1.165, 1.54) is 19.5 Å². The van der Waals surface area contributed by atoms with Gasteiger partial charge in [-0.1, -0.05) is 0 Å². The smallest absolute Gasteiger partial charge is 0.271 e. The van der Waals surface area contributed by atoms with E-state index in [1.54, 1.807) is 24.5 Å². The van der Waals surface area contributed by atoms with Crippen molar-refractivity contribution in [2.24, 2.45) is 0 Å². The van der Waals surface area contributed by atoms with Crippen molar-refractivity contribution in [2.75, 3.05) is 13.7 Å². The van der Waals surface area contributed by atoms with Crippen LogP contribution in [0.1, 0.15) is 28.5 Å². The van der Waals surface area contributed by atoms with Gasteiger partial charge in [-0.25, -0.2) is 15.0 Å². The molecule has 3 heterocycles. The summed E-state index contributed by atoms with van der Waals surface area (Å²) in [6.45, 7) is 2.41. The molecule has 1 N–H and O–H groups in total. The van der Waals surface area contributed by atoms with E-state index < -0.39 is 5.95 Å². The average molecular weight is 409 g/mol. The van der Waals surface area contributed by atoms with Crippen LogP contribution in [0, 0.1) is 5.95 Å². The molecule has 0 bridgehead atoms. The third-order valence-corrected chi connectivity index (χ3v) is 4.85. The van der Waals surface area contributed by atoms with Crippen molar-refractivity contribution in [1.82, 2.24) is 25.3 Å². The summed E-state index contributed by atoms with van der Waals surface area (Å²) in [5.41, 5.74) is 2.61. The molecule has 0 aliphatic heterocycles. The average Bonchev–Trinajstić information content (AvgIpc) is 3.19. The Bertz CT molecular complexity index is 1070. The number of amides is 1. The number of carbonyl (C=O) groups excluding carboxylic acids is 1. The number of nitrogens with zero attached hydrogens (tertiary/aromatic N) is 4. The predicted molar refractivity (Wildman–Crippen MR) is 106 cm³/mol. The number of ether oxygens (including phenoxy) is 2. The molecule has 0 fully saturated rings. The molecule has 0 saturated heterocycles. The lowest BCUT2D eigenvalue weighted by molar-refractivity contribution is 0.0933. The predicted octanol–water partition coefficient (Wildman–Crippen LogP) is 2.38. The fraction of sp³-hybridized carbons (Fsp3) is 0.286. The Morgan fingerprint density at radius 2 is 2.00 bits per heavy atom. The summed E-state index contributed by atoms with van der Waals surface area (Å²) >= 11 is 0. The first-order chi connectivity index (χ1) is 14.6. The summed E-state index contributed by atoms with van der Waals surface area (Å²) in [5, 5.41) is 2.90. The number of methoxy groups -OCH3 is 1. The second-order valence-electron chi connectivity index (χ2n) is 6.76. The van der Waals surface area contributed by atoms with Crippen molar-refractivity contribution in [3.63, 3.8) is 0 Å². The van der Waals surface area contributed by atoms with Crippen molar-refractivity contribution >= 4 is 5.91 Å². The maximum absolute atomic E-state index is 14.0. The fourth-order valence-electron chi connectivity index (χ4n) is 3.46. The van der Waals surface area contributed by atoms with Gasteiger partial charge in [-0.3, -0.25) is 9.78 Å². The van der Waals surface area contributed by atoms with Crippen molar-refractivity contribution in [2.45, 2.75) is 25.8 Å². The zero-order valence-electron chi connectivity index (χ0n) is 16.6. The van der Waals surface area contributed by atoms with Gasteiger partial charge >= 0.3 is 0 Å². The maximum atomic E-state index is 14.0. The normalized spacial score (nSPS) is 14.8. The molecule has 3 aromatic rings. The molecule has 0 radical (unpaired) electrons. The molecule has 9 heteroatoms. The highest BCUT2D eigenvalue weighted by Gasteiger charge is 2.29. The van der Waals surface area contributed by atoms with Gasteiger partial charge in [0.25, 0.3) is 5.91 Å². The van der Waals surface area contributed by atoms with Crippen molar-refractivity contribution in [3.8, 4) is 22.9 Å². The second-order valence-corrected chi connectivity index (χ2v) is 6.76. The van der Waals surface area contributed by atoms with Gasteiger partial charge in [0.2, 0.25) is 11.8 Å². The molecule has 0 unspecified atom stereocenters. The van der Waals surface area contributed by atoms with Crippen LogP contribution in [0.4, 0.5) is 4.39 Å². The van der Waals surface area contributed by atoms with E-state index in [0.717, 1.165) is 5.56 Å². The number of nitrogens with one attached hydrogen (secondary N) is 1. The minimum atomic E-state index is -0.535. The largest absolute Gasteiger partial charge is 0.495 e. The highest BCUT2D eigenvalue weighted by molar-refractivity contribution is 5.92. The van der Waals surface area contributed by atoms with Crippen LogP contribution >= 0.6 is 0 Å². The van der Waals surface area contributed by atoms with Gasteiger partial charge in [0.15, 0.2) is 0 Å². The van der Waals surface area contributed by atoms with Gasteiger partial charge in [-0.2, -0.15) is 4.39 Å². The van der Waals surface area contributed by atoms with E-state index in [4.69, 9.17) is 9.47 Å². The van der Waals surface area contributed by atoms with E-state index in [-0.39, 0.29) is 17.6 Å². The quantitative estimate of drug-likeness (QED) is 0.624. The Balaban J connectivity index is 1.48. The minimum Gasteiger partial charge on any atom is -0.495 e. The van der Waals surface area contributed by atoms with Crippen LogP contribution in [0.15, 0.2) is 36.9 Å². The Labute approximate surface area is 172 Å². The molecule has 1 atom stereocenters. The summed E-state index contributed by atoms with van der Waals surface area (Å²) in [4.78, 5) is 29.2. The van der Waals surface area contributed by atoms with Crippen molar-refractivity contribution < 1.29 is 18.7 Å². The molecule has 3 aromatic heterocycles. The minimum absolute atomic E-state index is 0.169. The molecular formula is C21H20FN5O3. The molecular weight excluding hydrogens is 389 g/mol. The molecule has 0 saturated carbocycles. The van der Waals surface area contributed by atoms with E-state index in [1.807, 2.05) is 6.92 Å². The van der Waals surface area contributed by atoms with Crippen molar-refractivity contribution in [3.05, 3.63) is 59.7 Å². The number of hydrogen-bond acceptors (Lipinski definition) is 7. The summed E-state index contributed by atoms with van der Waals surface area (Å²) in [6.07, 6.45) is 6.73. The summed E-state index contributed by atoms with van der Waals surface area (Å²) in [5.74, 6) is 0.120. The molecule has 0 aromatic carbocycles. The number of pyridine rings is 2. The standard InChI is InChI=1S/C21H20FN5O3/c1-3-30-19-5-4-12(8-24-19)16-9-23-10-17(27-16)21(28)26-13-6-14-15(7-13)20(22)25-11-18(14)29-2/h4-5,8-11,13H,3,6-7H2,1-2H3,(H,26,28)/t13-/m0/s1. The molecule has 154 valence electrons. The lowest BCUT2D eigenvalue weighted by atomic mass is 10.1. The van der Waals surface area contributed by atoms with Gasteiger partial charge < -0.3 is 14.8 Å². The van der Waals surface area contributed by atoms with Gasteiger partial charge in [0, 0.05) is 35.0 Å². The summed E-state index contributed by atoms with van der Waals surface area (Å²) in [6, 6.07) is 3.26. The van der Waals surface area contributed by atoms with Gasteiger partial charge in [0.1, 0.15) is 11.4 Å². The fourth-order valence-corrected chi connectivity index (χ4v) is 3.46. The Morgan fingerprint density at radius 1 is 1.17 bits per heavy atom. The maximum Gasteiger partial charge on any atom is 0.271 e. The third kappa shape index (κ3) is 3.91. The van der Waals surface area contributed by atoms with Crippen LogP contribution in [-0.2, 0) is 12.8 Å². The van der Waals surface area contributed by atoms with Gasteiger partial charge in [-0.05, 0) is 25.8 Å². The topological polar surface area (TPSA) is 99.1 Å². The monoisotopic (exact) mass is 409 g/mol. The van der Waals surface area contributed by atoms with Crippen LogP contribution in [-0.4, -0.2) is 45.6 Å². The van der Waals surface area contributed by atoms with E-state index in [0.29, 0.717) is 47.9 Å². The van der Waals surface area contributed by atoms with E-state index in [9.17, 15) is 9.18 Å². The molecule has 1 amide bonds. The van der Waals surface area contributed by atoms with Crippen LogP contribution in [0.2, 0.25) is 0 Å². The van der Waals surface area contributed by atoms with Crippen LogP contribution < -0.4 is 14.8 Å². The number of hydrogen-bond donors (Lipinski definition) is 1. The Kier molecular flexibility index (Phi) is 5.51. The SMILES string of the molecule is CCOc1ccc(-c2cncc(C(=O)N[C@H]3Cc4c(OC)cnc(F)c4C3)n2)cn1. The number of rotatable bonds is 6. The summed E-state index contributed by atoms with van der Waals surface area (Å²) in [7, 11) is 1.51. The molecule has 1 aliphatic rings. The lowest BCUT2D eigenvalue weighted by Crippen LogP contribution is -2.36. The lowest BCUT2D eigenvalue weighted by Gasteiger charge is -2.12. The van der Waals surface area contributed by atoms with Gasteiger partial charge in [-0.15, -0.1) is 0 Å². The second kappa shape index (κ2) is 8.40. The van der Waals surface area contributed by atoms with Crippen LogP contribution in [0.3, 0.4) is 0 Å². The summed E-state index contributed by atoms with van der Waals surface area (Å²) < 4.78 is 24.6. The Morgan fingerprint density at radius 3 is 2.73 bits per heavy atom. The first-order valence-electron chi connectivity index (χ1n) is 9.51. The molecule has 0 spiro atoms. The number of halogens is 1. The van der Waals surface area contributed by atoms with Crippen LogP contribution in [0.5, 0.6) is 11.6 Å². The zero-order chi connectivity index (χ0) is 21.1. The highest BCUT2D eigenvalue weighted by atomic mass is 19.1. The molecule has 30 heavy (non-hydrogen) atoms. The molecule has 8 nitrogen and oxygen atoms in total. The van der Waals surface area contributed by atoms with Crippen LogP contribution in [0.25, 0.3) is 11.3 Å². The van der Waals surface area contributed by atoms with Gasteiger partial charge in [0.05, 0.1) is 38.0 Å². The molecule has 1 aliphatic carbocycles. The number of aromatic nitrogens is 4. The zero-order valence-corrected chi connectivity index (χ0v) is 16.6. The van der Waals surface area contributed by atoms with E-state index >= 15 is 0 Å². The molecule has 4 rings (SSSR count). The number of carbonyl (C=O) groups is 1. The number of fused-ring (bicyclic) bond motifs is 1. The third-order valence-electron chi connectivity index (χ3n) is 4.85.